The normalized spacial score (nSPS) is 27.2. The standard InChI is InChI=1S/C18H26N2O2/c1-11-8-13-10-17(22-16(13)9-12(11)2)18(21)20(3)15-6-4-14(19)5-7-15/h8-9,14-15,17H,4-7,10,19H2,1-3H3/t14?,15?,17-/m0/s1. The Morgan fingerprint density at radius 2 is 1.82 bits per heavy atom. The maximum atomic E-state index is 12.7. The molecule has 1 heterocycles. The lowest BCUT2D eigenvalue weighted by Gasteiger charge is -2.34. The lowest BCUT2D eigenvalue weighted by atomic mass is 9.90. The number of hydrogen-bond acceptors (Lipinski definition) is 3. The molecule has 4 heteroatoms. The van der Waals surface area contributed by atoms with Crippen molar-refractivity contribution in [2.24, 2.45) is 5.73 Å². The third-order valence-electron chi connectivity index (χ3n) is 5.26. The predicted molar refractivity (Wildman–Crippen MR) is 87.0 cm³/mol. The van der Waals surface area contributed by atoms with Crippen LogP contribution < -0.4 is 10.5 Å². The van der Waals surface area contributed by atoms with Crippen LogP contribution in [0.2, 0.25) is 0 Å². The van der Waals surface area contributed by atoms with Crippen molar-refractivity contribution in [1.29, 1.82) is 0 Å². The molecule has 1 aromatic carbocycles. The summed E-state index contributed by atoms with van der Waals surface area (Å²) < 4.78 is 5.92. The van der Waals surface area contributed by atoms with Crippen LogP contribution in [0.25, 0.3) is 0 Å². The molecule has 120 valence electrons. The molecule has 0 bridgehead atoms. The van der Waals surface area contributed by atoms with Gasteiger partial charge in [-0.2, -0.15) is 0 Å². The van der Waals surface area contributed by atoms with Crippen molar-refractivity contribution in [3.05, 3.63) is 28.8 Å². The summed E-state index contributed by atoms with van der Waals surface area (Å²) in [6.07, 6.45) is 4.34. The fraction of sp³-hybridized carbons (Fsp3) is 0.611. The van der Waals surface area contributed by atoms with Crippen LogP contribution in [0.4, 0.5) is 0 Å². The molecule has 0 unspecified atom stereocenters. The van der Waals surface area contributed by atoms with Crippen LogP contribution in [-0.2, 0) is 11.2 Å². The first-order valence-corrected chi connectivity index (χ1v) is 8.24. The van der Waals surface area contributed by atoms with Gasteiger partial charge in [0.2, 0.25) is 0 Å². The number of carbonyl (C=O) groups excluding carboxylic acids is 1. The van der Waals surface area contributed by atoms with E-state index in [0.29, 0.717) is 18.5 Å². The molecule has 1 aliphatic carbocycles. The van der Waals surface area contributed by atoms with Crippen molar-refractivity contribution in [3.8, 4) is 5.75 Å². The van der Waals surface area contributed by atoms with Crippen LogP contribution in [0.15, 0.2) is 12.1 Å². The van der Waals surface area contributed by atoms with Crippen LogP contribution in [-0.4, -0.2) is 36.0 Å². The van der Waals surface area contributed by atoms with E-state index in [2.05, 4.69) is 26.0 Å². The van der Waals surface area contributed by atoms with E-state index in [-0.39, 0.29) is 12.0 Å². The number of nitrogens with zero attached hydrogens (tertiary/aromatic N) is 1. The Balaban J connectivity index is 1.67. The van der Waals surface area contributed by atoms with Gasteiger partial charge in [-0.1, -0.05) is 6.07 Å². The van der Waals surface area contributed by atoms with Gasteiger partial charge >= 0.3 is 0 Å². The molecule has 1 amide bonds. The number of nitrogens with two attached hydrogens (primary N) is 1. The van der Waals surface area contributed by atoms with Crippen molar-refractivity contribution < 1.29 is 9.53 Å². The molecule has 1 saturated carbocycles. The Morgan fingerprint density at radius 3 is 2.50 bits per heavy atom. The SMILES string of the molecule is Cc1cc2c(cc1C)O[C@H](C(=O)N(C)C1CCC(N)CC1)C2. The van der Waals surface area contributed by atoms with E-state index in [9.17, 15) is 4.79 Å². The highest BCUT2D eigenvalue weighted by atomic mass is 16.5. The zero-order valence-electron chi connectivity index (χ0n) is 13.8. The van der Waals surface area contributed by atoms with Crippen molar-refractivity contribution in [3.63, 3.8) is 0 Å². The third-order valence-corrected chi connectivity index (χ3v) is 5.26. The van der Waals surface area contributed by atoms with E-state index in [1.54, 1.807) is 0 Å². The molecule has 0 radical (unpaired) electrons. The molecule has 1 fully saturated rings. The topological polar surface area (TPSA) is 55.6 Å². The molecule has 2 aliphatic rings. The number of rotatable bonds is 2. The summed E-state index contributed by atoms with van der Waals surface area (Å²) in [6, 6.07) is 4.82. The predicted octanol–water partition coefficient (Wildman–Crippen LogP) is 2.34. The molecule has 1 aliphatic heterocycles. The first-order chi connectivity index (χ1) is 10.5. The molecule has 2 N–H and O–H groups in total. The van der Waals surface area contributed by atoms with Gasteiger partial charge in [0, 0.05) is 25.6 Å². The molecule has 1 atom stereocenters. The Morgan fingerprint density at radius 1 is 1.18 bits per heavy atom. The van der Waals surface area contributed by atoms with Crippen LogP contribution in [0.1, 0.15) is 42.4 Å². The fourth-order valence-corrected chi connectivity index (χ4v) is 3.55. The van der Waals surface area contributed by atoms with E-state index >= 15 is 0 Å². The van der Waals surface area contributed by atoms with Gasteiger partial charge in [0.15, 0.2) is 6.10 Å². The Kier molecular flexibility index (Phi) is 4.13. The molecule has 4 nitrogen and oxygen atoms in total. The highest BCUT2D eigenvalue weighted by Gasteiger charge is 2.34. The first kappa shape index (κ1) is 15.3. The smallest absolute Gasteiger partial charge is 0.263 e. The number of benzene rings is 1. The monoisotopic (exact) mass is 302 g/mol. The lowest BCUT2D eigenvalue weighted by Crippen LogP contribution is -2.47. The summed E-state index contributed by atoms with van der Waals surface area (Å²) >= 11 is 0. The molecule has 3 rings (SSSR count). The number of carbonyl (C=O) groups is 1. The summed E-state index contributed by atoms with van der Waals surface area (Å²) in [5.74, 6) is 0.979. The summed E-state index contributed by atoms with van der Waals surface area (Å²) in [4.78, 5) is 14.6. The minimum Gasteiger partial charge on any atom is -0.480 e. The van der Waals surface area contributed by atoms with Crippen molar-refractivity contribution >= 4 is 5.91 Å². The second-order valence-corrected chi connectivity index (χ2v) is 6.87. The van der Waals surface area contributed by atoms with Crippen LogP contribution in [0, 0.1) is 13.8 Å². The summed E-state index contributed by atoms with van der Waals surface area (Å²) in [5.41, 5.74) is 9.57. The maximum Gasteiger partial charge on any atom is 0.263 e. The highest BCUT2D eigenvalue weighted by molar-refractivity contribution is 5.82. The second kappa shape index (κ2) is 5.92. The summed E-state index contributed by atoms with van der Waals surface area (Å²) in [7, 11) is 1.91. The third kappa shape index (κ3) is 2.84. The highest BCUT2D eigenvalue weighted by Crippen LogP contribution is 2.32. The first-order valence-electron chi connectivity index (χ1n) is 8.24. The fourth-order valence-electron chi connectivity index (χ4n) is 3.55. The minimum atomic E-state index is -0.364. The van der Waals surface area contributed by atoms with E-state index in [4.69, 9.17) is 10.5 Å². The number of ether oxygens (including phenoxy) is 1. The van der Waals surface area contributed by atoms with Gasteiger partial charge in [0.1, 0.15) is 5.75 Å². The molecular formula is C18H26N2O2. The molecule has 22 heavy (non-hydrogen) atoms. The van der Waals surface area contributed by atoms with Crippen molar-refractivity contribution in [1.82, 2.24) is 4.90 Å². The molecule has 0 spiro atoms. The van der Waals surface area contributed by atoms with Gasteiger partial charge in [0.05, 0.1) is 0 Å². The minimum absolute atomic E-state index is 0.104. The van der Waals surface area contributed by atoms with Gasteiger partial charge in [-0.05, 0) is 62.3 Å². The Hall–Kier alpha value is -1.55. The van der Waals surface area contributed by atoms with E-state index < -0.39 is 0 Å². The molecule has 1 aromatic rings. The molecule has 0 saturated heterocycles. The van der Waals surface area contributed by atoms with Gasteiger partial charge < -0.3 is 15.4 Å². The maximum absolute atomic E-state index is 12.7. The Labute approximate surface area is 132 Å². The van der Waals surface area contributed by atoms with Crippen LogP contribution >= 0.6 is 0 Å². The summed E-state index contributed by atoms with van der Waals surface area (Å²) in [6.45, 7) is 4.17. The van der Waals surface area contributed by atoms with Crippen LogP contribution in [0.5, 0.6) is 5.75 Å². The van der Waals surface area contributed by atoms with E-state index in [1.165, 1.54) is 11.1 Å². The van der Waals surface area contributed by atoms with Crippen LogP contribution in [0.3, 0.4) is 0 Å². The van der Waals surface area contributed by atoms with Gasteiger partial charge in [0.25, 0.3) is 5.91 Å². The van der Waals surface area contributed by atoms with E-state index in [1.807, 2.05) is 11.9 Å². The number of amides is 1. The zero-order chi connectivity index (χ0) is 15.9. The van der Waals surface area contributed by atoms with Crippen molar-refractivity contribution in [2.45, 2.75) is 64.1 Å². The average Bonchev–Trinajstić information content (AvgIpc) is 2.90. The summed E-state index contributed by atoms with van der Waals surface area (Å²) in [5, 5.41) is 0. The number of fused-ring (bicyclic) bond motifs is 1. The Bertz CT molecular complexity index is 546. The number of likely N-dealkylation sites (N-methyl/N-ethyl adjacent to an activating group) is 1. The zero-order valence-corrected chi connectivity index (χ0v) is 13.8. The quantitative estimate of drug-likeness (QED) is 0.912. The lowest BCUT2D eigenvalue weighted by molar-refractivity contribution is -0.139. The molecule has 0 aromatic heterocycles. The van der Waals surface area contributed by atoms with E-state index in [0.717, 1.165) is 37.0 Å². The van der Waals surface area contributed by atoms with Gasteiger partial charge in [-0.3, -0.25) is 4.79 Å². The van der Waals surface area contributed by atoms with Gasteiger partial charge in [-0.25, -0.2) is 0 Å². The number of aryl methyl sites for hydroxylation is 2. The average molecular weight is 302 g/mol. The molecular weight excluding hydrogens is 276 g/mol. The van der Waals surface area contributed by atoms with Crippen molar-refractivity contribution in [2.75, 3.05) is 7.05 Å². The van der Waals surface area contributed by atoms with Gasteiger partial charge in [-0.15, -0.1) is 0 Å². The second-order valence-electron chi connectivity index (χ2n) is 6.87. The largest absolute Gasteiger partial charge is 0.480 e. The number of hydrogen-bond donors (Lipinski definition) is 1.